The van der Waals surface area contributed by atoms with Gasteiger partial charge in [0, 0.05) is 13.1 Å². The first kappa shape index (κ1) is 20.7. The van der Waals surface area contributed by atoms with E-state index in [9.17, 15) is 18.8 Å². The van der Waals surface area contributed by atoms with Crippen LogP contribution in [0.3, 0.4) is 0 Å². The first-order valence-electron chi connectivity index (χ1n) is 9.87. The molecular formula is C22H21FN4O4. The first-order valence-corrected chi connectivity index (χ1v) is 9.87. The zero-order chi connectivity index (χ0) is 22.0. The van der Waals surface area contributed by atoms with Crippen LogP contribution in [0.1, 0.15) is 21.6 Å². The number of aromatic nitrogens is 3. The van der Waals surface area contributed by atoms with Gasteiger partial charge in [0.15, 0.2) is 0 Å². The van der Waals surface area contributed by atoms with E-state index in [0.29, 0.717) is 26.3 Å². The van der Waals surface area contributed by atoms with Gasteiger partial charge in [-0.2, -0.15) is 9.78 Å². The van der Waals surface area contributed by atoms with Gasteiger partial charge in [0.2, 0.25) is 5.69 Å². The van der Waals surface area contributed by atoms with E-state index in [1.165, 1.54) is 23.1 Å². The zero-order valence-electron chi connectivity index (χ0n) is 17.0. The van der Waals surface area contributed by atoms with Gasteiger partial charge in [0.05, 0.1) is 25.4 Å². The van der Waals surface area contributed by atoms with Crippen LogP contribution in [0.25, 0.3) is 5.69 Å². The number of nitrogens with zero attached hydrogens (tertiary/aromatic N) is 4. The lowest BCUT2D eigenvalue weighted by atomic mass is 10.1. The summed E-state index contributed by atoms with van der Waals surface area (Å²) in [6.07, 6.45) is 0. The van der Waals surface area contributed by atoms with Crippen molar-refractivity contribution in [2.24, 2.45) is 0 Å². The molecule has 31 heavy (non-hydrogen) atoms. The molecule has 0 aliphatic carbocycles. The van der Waals surface area contributed by atoms with Crippen molar-refractivity contribution in [2.45, 2.75) is 13.5 Å². The number of hydrogen-bond donors (Lipinski definition) is 0. The fraction of sp³-hybridized carbons (Fsp3) is 0.273. The molecule has 0 atom stereocenters. The summed E-state index contributed by atoms with van der Waals surface area (Å²) in [5.74, 6) is -1.15. The Kier molecular flexibility index (Phi) is 5.77. The molecule has 0 bridgehead atoms. The summed E-state index contributed by atoms with van der Waals surface area (Å²) in [6.45, 7) is 3.20. The second-order valence-electron chi connectivity index (χ2n) is 7.31. The van der Waals surface area contributed by atoms with Crippen LogP contribution < -0.4 is 11.2 Å². The van der Waals surface area contributed by atoms with Crippen LogP contribution in [0.5, 0.6) is 0 Å². The molecule has 0 spiro atoms. The fourth-order valence-electron chi connectivity index (χ4n) is 3.47. The van der Waals surface area contributed by atoms with Crippen LogP contribution in [0.4, 0.5) is 4.39 Å². The van der Waals surface area contributed by atoms with Crippen molar-refractivity contribution < 1.29 is 13.9 Å². The quantitative estimate of drug-likeness (QED) is 0.631. The molecule has 1 fully saturated rings. The Morgan fingerprint density at radius 3 is 2.55 bits per heavy atom. The van der Waals surface area contributed by atoms with Gasteiger partial charge in [-0.25, -0.2) is 9.18 Å². The van der Waals surface area contributed by atoms with E-state index in [4.69, 9.17) is 4.74 Å². The summed E-state index contributed by atoms with van der Waals surface area (Å²) < 4.78 is 20.9. The van der Waals surface area contributed by atoms with Gasteiger partial charge in [0.25, 0.3) is 11.5 Å². The van der Waals surface area contributed by atoms with Crippen molar-refractivity contribution >= 4 is 5.91 Å². The largest absolute Gasteiger partial charge is 0.378 e. The minimum absolute atomic E-state index is 0.0411. The number of ether oxygens (including phenoxy) is 1. The topological polar surface area (TPSA) is 86.4 Å². The molecule has 9 heteroatoms. The third-order valence-electron chi connectivity index (χ3n) is 5.04. The number of hydrogen-bond acceptors (Lipinski definition) is 5. The summed E-state index contributed by atoms with van der Waals surface area (Å²) >= 11 is 0. The van der Waals surface area contributed by atoms with Crippen LogP contribution in [0, 0.1) is 12.7 Å². The van der Waals surface area contributed by atoms with Crippen molar-refractivity contribution in [3.05, 3.63) is 92.0 Å². The Hall–Kier alpha value is -3.59. The molecule has 1 aromatic heterocycles. The SMILES string of the molecule is Cc1cccc(Cn2c(=O)c(C(=O)N3CCOCC3)nn(-c3cccc(F)c3)c2=O)c1. The molecule has 0 N–H and O–H groups in total. The number of rotatable bonds is 4. The first-order chi connectivity index (χ1) is 14.9. The molecule has 2 heterocycles. The van der Waals surface area contributed by atoms with E-state index >= 15 is 0 Å². The number of amides is 1. The maximum Gasteiger partial charge on any atom is 0.352 e. The normalized spacial score (nSPS) is 13.9. The van der Waals surface area contributed by atoms with E-state index in [1.54, 1.807) is 6.07 Å². The van der Waals surface area contributed by atoms with Crippen molar-refractivity contribution in [1.82, 2.24) is 19.2 Å². The van der Waals surface area contributed by atoms with E-state index < -0.39 is 28.7 Å². The molecule has 160 valence electrons. The Morgan fingerprint density at radius 2 is 1.84 bits per heavy atom. The van der Waals surface area contributed by atoms with Crippen LogP contribution in [0.15, 0.2) is 58.1 Å². The smallest absolute Gasteiger partial charge is 0.352 e. The maximum atomic E-state index is 13.8. The summed E-state index contributed by atoms with van der Waals surface area (Å²) in [7, 11) is 0. The van der Waals surface area contributed by atoms with E-state index in [0.717, 1.165) is 26.4 Å². The highest BCUT2D eigenvalue weighted by Crippen LogP contribution is 2.09. The summed E-state index contributed by atoms with van der Waals surface area (Å²) in [5.41, 5.74) is -0.112. The molecule has 0 unspecified atom stereocenters. The molecule has 2 aromatic carbocycles. The van der Waals surface area contributed by atoms with Gasteiger partial charge in [-0.1, -0.05) is 35.9 Å². The lowest BCUT2D eigenvalue weighted by molar-refractivity contribution is 0.0295. The highest BCUT2D eigenvalue weighted by molar-refractivity contribution is 5.91. The van der Waals surface area contributed by atoms with E-state index in [-0.39, 0.29) is 12.2 Å². The molecule has 1 aliphatic heterocycles. The van der Waals surface area contributed by atoms with Crippen LogP contribution >= 0.6 is 0 Å². The second kappa shape index (κ2) is 8.65. The molecule has 1 aliphatic rings. The van der Waals surface area contributed by atoms with Crippen LogP contribution in [-0.2, 0) is 11.3 Å². The predicted molar refractivity (Wildman–Crippen MR) is 111 cm³/mol. The summed E-state index contributed by atoms with van der Waals surface area (Å²) in [5, 5.41) is 4.05. The van der Waals surface area contributed by atoms with Gasteiger partial charge in [-0.3, -0.25) is 14.2 Å². The third kappa shape index (κ3) is 4.31. The van der Waals surface area contributed by atoms with Gasteiger partial charge in [0.1, 0.15) is 5.82 Å². The molecule has 0 saturated carbocycles. The Morgan fingerprint density at radius 1 is 1.10 bits per heavy atom. The van der Waals surface area contributed by atoms with Crippen molar-refractivity contribution in [3.8, 4) is 5.69 Å². The van der Waals surface area contributed by atoms with Crippen molar-refractivity contribution in [1.29, 1.82) is 0 Å². The number of benzene rings is 2. The van der Waals surface area contributed by atoms with Crippen molar-refractivity contribution in [3.63, 3.8) is 0 Å². The Bertz CT molecular complexity index is 1240. The average molecular weight is 424 g/mol. The van der Waals surface area contributed by atoms with Gasteiger partial charge < -0.3 is 9.64 Å². The molecule has 1 amide bonds. The number of carbonyl (C=O) groups excluding carboxylic acids is 1. The van der Waals surface area contributed by atoms with Gasteiger partial charge >= 0.3 is 5.69 Å². The molecule has 3 aromatic rings. The number of morpholine rings is 1. The van der Waals surface area contributed by atoms with Crippen LogP contribution in [0.2, 0.25) is 0 Å². The van der Waals surface area contributed by atoms with Crippen LogP contribution in [-0.4, -0.2) is 51.5 Å². The van der Waals surface area contributed by atoms with Crippen molar-refractivity contribution in [2.75, 3.05) is 26.3 Å². The minimum atomic E-state index is -0.782. The molecular weight excluding hydrogens is 403 g/mol. The molecule has 8 nitrogen and oxygen atoms in total. The minimum Gasteiger partial charge on any atom is -0.378 e. The summed E-state index contributed by atoms with van der Waals surface area (Å²) in [6, 6.07) is 12.6. The predicted octanol–water partition coefficient (Wildman–Crippen LogP) is 1.36. The lowest BCUT2D eigenvalue weighted by Crippen LogP contribution is -2.48. The monoisotopic (exact) mass is 424 g/mol. The number of halogens is 1. The molecule has 4 rings (SSSR count). The molecule has 1 saturated heterocycles. The second-order valence-corrected chi connectivity index (χ2v) is 7.31. The number of carbonyl (C=O) groups is 1. The van der Waals surface area contributed by atoms with E-state index in [1.807, 2.05) is 25.1 Å². The van der Waals surface area contributed by atoms with Gasteiger partial charge in [-0.05, 0) is 30.7 Å². The average Bonchev–Trinajstić information content (AvgIpc) is 2.77. The highest BCUT2D eigenvalue weighted by atomic mass is 19.1. The zero-order valence-corrected chi connectivity index (χ0v) is 17.0. The Balaban J connectivity index is 1.88. The maximum absolute atomic E-state index is 13.8. The lowest BCUT2D eigenvalue weighted by Gasteiger charge is -2.26. The van der Waals surface area contributed by atoms with Gasteiger partial charge in [-0.15, -0.1) is 0 Å². The highest BCUT2D eigenvalue weighted by Gasteiger charge is 2.26. The number of aryl methyl sites for hydroxylation is 1. The standard InChI is InChI=1S/C22H21FN4O4/c1-15-4-2-5-16(12-15)14-26-21(29)19(20(28)25-8-10-31-11-9-25)24-27(22(26)30)18-7-3-6-17(23)13-18/h2-7,12-13H,8-11,14H2,1H3. The Labute approximate surface area is 177 Å². The third-order valence-corrected chi connectivity index (χ3v) is 5.04. The molecule has 0 radical (unpaired) electrons. The van der Waals surface area contributed by atoms with E-state index in [2.05, 4.69) is 5.10 Å². The summed E-state index contributed by atoms with van der Waals surface area (Å²) in [4.78, 5) is 40.8. The fourth-order valence-corrected chi connectivity index (χ4v) is 3.47.